The molecule has 0 bridgehead atoms. The van der Waals surface area contributed by atoms with Gasteiger partial charge in [-0.1, -0.05) is 54.6 Å². The molecular formula is C30H25N3O4. The summed E-state index contributed by atoms with van der Waals surface area (Å²) in [5.74, 6) is 0.794. The van der Waals surface area contributed by atoms with Gasteiger partial charge in [0.15, 0.2) is 0 Å². The van der Waals surface area contributed by atoms with E-state index in [1.807, 2.05) is 96.7 Å². The number of ether oxygens (including phenoxy) is 1. The van der Waals surface area contributed by atoms with Gasteiger partial charge in [-0.25, -0.2) is 14.8 Å². The number of rotatable bonds is 9. The largest absolute Gasteiger partial charge is 0.478 e. The minimum Gasteiger partial charge on any atom is -0.478 e. The molecule has 5 aromatic rings. The van der Waals surface area contributed by atoms with Crippen LogP contribution in [0.3, 0.4) is 0 Å². The highest BCUT2D eigenvalue weighted by atomic mass is 16.5. The third-order valence-electron chi connectivity index (χ3n) is 5.83. The van der Waals surface area contributed by atoms with E-state index in [9.17, 15) is 4.79 Å². The molecule has 37 heavy (non-hydrogen) atoms. The normalized spacial score (nSPS) is 11.2. The number of oxazole rings is 1. The lowest BCUT2D eigenvalue weighted by molar-refractivity contribution is -0.131. The minimum atomic E-state index is -0.983. The van der Waals surface area contributed by atoms with E-state index in [-0.39, 0.29) is 6.61 Å². The molecule has 0 atom stereocenters. The van der Waals surface area contributed by atoms with Crippen molar-refractivity contribution < 1.29 is 19.1 Å². The van der Waals surface area contributed by atoms with Crippen LogP contribution < -0.4 is 4.74 Å². The van der Waals surface area contributed by atoms with E-state index in [4.69, 9.17) is 14.3 Å². The van der Waals surface area contributed by atoms with Crippen LogP contribution in [0.1, 0.15) is 22.6 Å². The van der Waals surface area contributed by atoms with E-state index in [0.29, 0.717) is 24.1 Å². The number of benzene rings is 2. The first-order valence-electron chi connectivity index (χ1n) is 11.8. The second kappa shape index (κ2) is 10.8. The number of aryl methyl sites for hydroxylation is 1. The van der Waals surface area contributed by atoms with Gasteiger partial charge in [-0.05, 0) is 36.3 Å². The lowest BCUT2D eigenvalue weighted by Gasteiger charge is -2.06. The van der Waals surface area contributed by atoms with Crippen molar-refractivity contribution in [3.05, 3.63) is 120 Å². The van der Waals surface area contributed by atoms with Crippen LogP contribution in [0.2, 0.25) is 0 Å². The Kier molecular flexibility index (Phi) is 6.94. The number of hydrogen-bond acceptors (Lipinski definition) is 5. The molecule has 0 radical (unpaired) electrons. The predicted molar refractivity (Wildman–Crippen MR) is 141 cm³/mol. The zero-order chi connectivity index (χ0) is 25.6. The smallest absolute Gasteiger partial charge is 0.328 e. The predicted octanol–water partition coefficient (Wildman–Crippen LogP) is 6.24. The standard InChI is InChI=1S/C30H25N3O4/c1-21-27(32-30(37-21)24-10-6-3-7-11-24)20-36-28-14-12-22(16-31-28)17-33-18-25(13-15-29(34)35)26(19-33)23-8-4-2-5-9-23/h2-16,18-19H,17,20H2,1H3,(H,34,35). The quantitative estimate of drug-likeness (QED) is 0.246. The van der Waals surface area contributed by atoms with E-state index in [1.54, 1.807) is 12.3 Å². The lowest BCUT2D eigenvalue weighted by atomic mass is 10.0. The SMILES string of the molecule is Cc1oc(-c2ccccc2)nc1COc1ccc(Cn2cc(C=CC(=O)O)c(-c3ccccc3)c2)cn1. The van der Waals surface area contributed by atoms with Crippen LogP contribution in [-0.4, -0.2) is 25.6 Å². The summed E-state index contributed by atoms with van der Waals surface area (Å²) in [7, 11) is 0. The Hall–Kier alpha value is -4.91. The summed E-state index contributed by atoms with van der Waals surface area (Å²) >= 11 is 0. The van der Waals surface area contributed by atoms with Crippen LogP contribution in [0.5, 0.6) is 5.88 Å². The average molecular weight is 492 g/mol. The van der Waals surface area contributed by atoms with Gasteiger partial charge in [0.1, 0.15) is 18.1 Å². The molecule has 0 aliphatic rings. The molecule has 0 fully saturated rings. The molecule has 0 aliphatic heterocycles. The van der Waals surface area contributed by atoms with Crippen molar-refractivity contribution >= 4 is 12.0 Å². The second-order valence-corrected chi connectivity index (χ2v) is 8.52. The Morgan fingerprint density at radius 1 is 1.00 bits per heavy atom. The van der Waals surface area contributed by atoms with Crippen molar-refractivity contribution in [3.8, 4) is 28.5 Å². The van der Waals surface area contributed by atoms with Gasteiger partial charge in [0.05, 0.1) is 0 Å². The number of aliphatic carboxylic acids is 1. The number of carbonyl (C=O) groups is 1. The molecule has 7 heteroatoms. The van der Waals surface area contributed by atoms with Gasteiger partial charge in [-0.2, -0.15) is 0 Å². The second-order valence-electron chi connectivity index (χ2n) is 8.52. The van der Waals surface area contributed by atoms with Gasteiger partial charge in [-0.15, -0.1) is 0 Å². The first-order chi connectivity index (χ1) is 18.0. The zero-order valence-corrected chi connectivity index (χ0v) is 20.2. The summed E-state index contributed by atoms with van der Waals surface area (Å²) in [6.45, 7) is 2.71. The van der Waals surface area contributed by atoms with E-state index in [1.165, 1.54) is 0 Å². The van der Waals surface area contributed by atoms with Crippen LogP contribution in [0.4, 0.5) is 0 Å². The van der Waals surface area contributed by atoms with Gasteiger partial charge < -0.3 is 18.8 Å². The maximum atomic E-state index is 11.1. The highest BCUT2D eigenvalue weighted by Crippen LogP contribution is 2.27. The molecule has 0 amide bonds. The summed E-state index contributed by atoms with van der Waals surface area (Å²) in [5, 5.41) is 9.07. The molecule has 3 aromatic heterocycles. The molecule has 0 saturated carbocycles. The Balaban J connectivity index is 1.27. The highest BCUT2D eigenvalue weighted by Gasteiger charge is 2.12. The van der Waals surface area contributed by atoms with E-state index < -0.39 is 5.97 Å². The number of carboxylic acid groups (broad SMARTS) is 1. The Morgan fingerprint density at radius 2 is 1.73 bits per heavy atom. The number of hydrogen-bond donors (Lipinski definition) is 1. The van der Waals surface area contributed by atoms with E-state index in [2.05, 4.69) is 9.97 Å². The van der Waals surface area contributed by atoms with Gasteiger partial charge in [0, 0.05) is 54.0 Å². The average Bonchev–Trinajstić information content (AvgIpc) is 3.51. The zero-order valence-electron chi connectivity index (χ0n) is 20.2. The van der Waals surface area contributed by atoms with Gasteiger partial charge in [0.2, 0.25) is 11.8 Å². The molecule has 3 heterocycles. The first-order valence-corrected chi connectivity index (χ1v) is 11.8. The fourth-order valence-corrected chi connectivity index (χ4v) is 3.98. The maximum absolute atomic E-state index is 11.1. The van der Waals surface area contributed by atoms with Crippen molar-refractivity contribution in [3.63, 3.8) is 0 Å². The summed E-state index contributed by atoms with van der Waals surface area (Å²) in [6.07, 6.45) is 8.49. The fraction of sp³-hybridized carbons (Fsp3) is 0.100. The summed E-state index contributed by atoms with van der Waals surface area (Å²) in [5.41, 5.74) is 5.45. The molecule has 5 rings (SSSR count). The topological polar surface area (TPSA) is 90.4 Å². The van der Waals surface area contributed by atoms with E-state index in [0.717, 1.165) is 39.6 Å². The lowest BCUT2D eigenvalue weighted by Crippen LogP contribution is -2.01. The van der Waals surface area contributed by atoms with Crippen molar-refractivity contribution in [2.75, 3.05) is 0 Å². The maximum Gasteiger partial charge on any atom is 0.328 e. The van der Waals surface area contributed by atoms with E-state index >= 15 is 0 Å². The van der Waals surface area contributed by atoms with Crippen LogP contribution in [-0.2, 0) is 17.9 Å². The summed E-state index contributed by atoms with van der Waals surface area (Å²) < 4.78 is 13.7. The molecule has 184 valence electrons. The molecule has 0 saturated heterocycles. The highest BCUT2D eigenvalue weighted by molar-refractivity contribution is 5.87. The fourth-order valence-electron chi connectivity index (χ4n) is 3.98. The first kappa shape index (κ1) is 23.8. The molecule has 1 N–H and O–H groups in total. The third-order valence-corrected chi connectivity index (χ3v) is 5.83. The van der Waals surface area contributed by atoms with Crippen molar-refractivity contribution in [2.45, 2.75) is 20.1 Å². The Labute approximate surface area is 214 Å². The number of pyridine rings is 1. The molecule has 2 aromatic carbocycles. The van der Waals surface area contributed by atoms with Crippen LogP contribution in [0.15, 0.2) is 102 Å². The Bertz CT molecular complexity index is 1520. The van der Waals surface area contributed by atoms with Crippen molar-refractivity contribution in [1.82, 2.24) is 14.5 Å². The third kappa shape index (κ3) is 5.85. The Morgan fingerprint density at radius 3 is 2.41 bits per heavy atom. The minimum absolute atomic E-state index is 0.256. The molecule has 0 spiro atoms. The molecule has 0 unspecified atom stereocenters. The number of nitrogens with zero attached hydrogens (tertiary/aromatic N) is 3. The molecule has 7 nitrogen and oxygen atoms in total. The van der Waals surface area contributed by atoms with Crippen molar-refractivity contribution in [1.29, 1.82) is 0 Å². The summed E-state index contributed by atoms with van der Waals surface area (Å²) in [6, 6.07) is 23.4. The molecular weight excluding hydrogens is 466 g/mol. The van der Waals surface area contributed by atoms with Gasteiger partial charge >= 0.3 is 5.97 Å². The number of aromatic nitrogens is 3. The summed E-state index contributed by atoms with van der Waals surface area (Å²) in [4.78, 5) is 20.1. The number of carboxylic acids is 1. The van der Waals surface area contributed by atoms with Crippen LogP contribution >= 0.6 is 0 Å². The monoisotopic (exact) mass is 491 g/mol. The van der Waals surface area contributed by atoms with Crippen molar-refractivity contribution in [2.24, 2.45) is 0 Å². The van der Waals surface area contributed by atoms with Crippen LogP contribution in [0, 0.1) is 6.92 Å². The van der Waals surface area contributed by atoms with Crippen LogP contribution in [0.25, 0.3) is 28.7 Å². The van der Waals surface area contributed by atoms with Gasteiger partial charge in [0.25, 0.3) is 0 Å². The van der Waals surface area contributed by atoms with Gasteiger partial charge in [-0.3, -0.25) is 0 Å². The molecule has 0 aliphatic carbocycles.